The number of hydrogen-bond donors (Lipinski definition) is 2. The van der Waals surface area contributed by atoms with E-state index >= 15 is 0 Å². The number of hydrogen-bond acceptors (Lipinski definition) is 4. The zero-order valence-electron chi connectivity index (χ0n) is 11.5. The molecule has 0 radical (unpaired) electrons. The Morgan fingerprint density at radius 2 is 2.33 bits per heavy atom. The minimum atomic E-state index is 0.0188. The van der Waals surface area contributed by atoms with Crippen molar-refractivity contribution in [1.29, 1.82) is 0 Å². The van der Waals surface area contributed by atoms with E-state index in [1.54, 1.807) is 0 Å². The number of aliphatic hydroxyl groups excluding tert-OH is 1. The number of nitrogens with zero attached hydrogens (tertiary/aromatic N) is 1. The van der Waals surface area contributed by atoms with Crippen LogP contribution in [0.2, 0.25) is 0 Å². The molecular formula is C15H17BrN2O2S. The summed E-state index contributed by atoms with van der Waals surface area (Å²) < 4.78 is 1.99. The quantitative estimate of drug-likeness (QED) is 0.874. The van der Waals surface area contributed by atoms with Crippen molar-refractivity contribution in [3.8, 4) is 0 Å². The predicted molar refractivity (Wildman–Crippen MR) is 89.7 cm³/mol. The van der Waals surface area contributed by atoms with E-state index in [2.05, 4.69) is 15.9 Å². The Balaban J connectivity index is 1.87. The maximum Gasteiger partial charge on any atom is 0.266 e. The molecule has 0 saturated carbocycles. The summed E-state index contributed by atoms with van der Waals surface area (Å²) in [6, 6.07) is 5.89. The third-order valence-corrected chi connectivity index (χ3v) is 5.66. The molecule has 2 aromatic rings. The van der Waals surface area contributed by atoms with Gasteiger partial charge in [0.1, 0.15) is 4.88 Å². The van der Waals surface area contributed by atoms with Crippen molar-refractivity contribution in [2.45, 2.75) is 12.8 Å². The molecule has 2 heterocycles. The van der Waals surface area contributed by atoms with Crippen molar-refractivity contribution >= 4 is 48.9 Å². The van der Waals surface area contributed by atoms with Gasteiger partial charge in [-0.3, -0.25) is 4.79 Å². The number of amides is 1. The molecule has 21 heavy (non-hydrogen) atoms. The summed E-state index contributed by atoms with van der Waals surface area (Å²) in [5, 5.41) is 9.94. The van der Waals surface area contributed by atoms with Crippen LogP contribution in [0.4, 0.5) is 5.69 Å². The number of carbonyl (C=O) groups is 1. The van der Waals surface area contributed by atoms with Crippen LogP contribution in [0.1, 0.15) is 22.5 Å². The number of likely N-dealkylation sites (tertiary alicyclic amines) is 1. The highest BCUT2D eigenvalue weighted by molar-refractivity contribution is 9.10. The lowest BCUT2D eigenvalue weighted by molar-refractivity contribution is 0.0790. The van der Waals surface area contributed by atoms with Crippen LogP contribution in [-0.4, -0.2) is 35.6 Å². The fraction of sp³-hybridized carbons (Fsp3) is 0.400. The summed E-state index contributed by atoms with van der Waals surface area (Å²) in [5.41, 5.74) is 6.75. The van der Waals surface area contributed by atoms with Gasteiger partial charge in [-0.1, -0.05) is 15.9 Å². The van der Waals surface area contributed by atoms with Gasteiger partial charge in [-0.05, 0) is 37.0 Å². The molecule has 6 heteroatoms. The van der Waals surface area contributed by atoms with Crippen LogP contribution < -0.4 is 5.73 Å². The summed E-state index contributed by atoms with van der Waals surface area (Å²) in [6.07, 6.45) is 1.72. The maximum atomic E-state index is 12.7. The highest BCUT2D eigenvalue weighted by Crippen LogP contribution is 2.36. The van der Waals surface area contributed by atoms with Crippen molar-refractivity contribution in [2.75, 3.05) is 25.4 Å². The van der Waals surface area contributed by atoms with E-state index in [0.29, 0.717) is 16.5 Å². The van der Waals surface area contributed by atoms with Gasteiger partial charge < -0.3 is 15.7 Å². The molecule has 1 aromatic heterocycles. The molecule has 4 nitrogen and oxygen atoms in total. The topological polar surface area (TPSA) is 66.6 Å². The molecule has 3 N–H and O–H groups in total. The number of halogens is 1. The minimum Gasteiger partial charge on any atom is -0.397 e. The number of nitrogen functional groups attached to an aromatic ring is 1. The van der Waals surface area contributed by atoms with E-state index in [0.717, 1.165) is 40.5 Å². The lowest BCUT2D eigenvalue weighted by atomic mass is 10.1. The molecule has 0 aliphatic carbocycles. The minimum absolute atomic E-state index is 0.0188. The van der Waals surface area contributed by atoms with Gasteiger partial charge in [-0.15, -0.1) is 11.3 Å². The Bertz CT molecular complexity index is 686. The normalized spacial score (nSPS) is 18.6. The molecule has 1 saturated heterocycles. The van der Waals surface area contributed by atoms with Crippen molar-refractivity contribution < 1.29 is 9.90 Å². The Morgan fingerprint density at radius 1 is 1.52 bits per heavy atom. The molecule has 0 bridgehead atoms. The number of carbonyl (C=O) groups excluding carboxylic acids is 1. The first-order valence-corrected chi connectivity index (χ1v) is 8.58. The van der Waals surface area contributed by atoms with Gasteiger partial charge in [0.05, 0.1) is 5.69 Å². The molecule has 112 valence electrons. The van der Waals surface area contributed by atoms with Gasteiger partial charge in [0, 0.05) is 34.3 Å². The summed E-state index contributed by atoms with van der Waals surface area (Å²) in [7, 11) is 0. The summed E-state index contributed by atoms with van der Waals surface area (Å²) in [5.74, 6) is 0.425. The maximum absolute atomic E-state index is 12.7. The monoisotopic (exact) mass is 368 g/mol. The molecule has 1 aromatic carbocycles. The molecule has 1 fully saturated rings. The third-order valence-electron chi connectivity index (χ3n) is 3.99. The molecular weight excluding hydrogens is 352 g/mol. The van der Waals surface area contributed by atoms with Crippen LogP contribution in [-0.2, 0) is 0 Å². The largest absolute Gasteiger partial charge is 0.397 e. The van der Waals surface area contributed by atoms with Crippen LogP contribution in [0.3, 0.4) is 0 Å². The molecule has 0 spiro atoms. The van der Waals surface area contributed by atoms with Crippen molar-refractivity contribution in [2.24, 2.45) is 5.92 Å². The van der Waals surface area contributed by atoms with E-state index in [4.69, 9.17) is 10.8 Å². The Morgan fingerprint density at radius 3 is 3.10 bits per heavy atom. The van der Waals surface area contributed by atoms with Gasteiger partial charge in [-0.2, -0.15) is 0 Å². The van der Waals surface area contributed by atoms with Gasteiger partial charge in [0.2, 0.25) is 0 Å². The molecule has 1 amide bonds. The Labute approximate surface area is 135 Å². The zero-order valence-corrected chi connectivity index (χ0v) is 13.9. The smallest absolute Gasteiger partial charge is 0.266 e. The average molecular weight is 369 g/mol. The molecule has 1 unspecified atom stereocenters. The number of rotatable bonds is 3. The van der Waals surface area contributed by atoms with E-state index < -0.39 is 0 Å². The second-order valence-corrected chi connectivity index (χ2v) is 7.37. The first kappa shape index (κ1) is 14.8. The second kappa shape index (κ2) is 5.94. The van der Waals surface area contributed by atoms with Gasteiger partial charge in [0.15, 0.2) is 0 Å². The van der Waals surface area contributed by atoms with Crippen molar-refractivity contribution in [3.05, 3.63) is 27.5 Å². The Kier molecular flexibility index (Phi) is 4.19. The van der Waals surface area contributed by atoms with E-state index in [9.17, 15) is 4.79 Å². The van der Waals surface area contributed by atoms with Crippen LogP contribution in [0.5, 0.6) is 0 Å². The highest BCUT2D eigenvalue weighted by atomic mass is 79.9. The number of anilines is 1. The molecule has 1 aliphatic rings. The van der Waals surface area contributed by atoms with Crippen LogP contribution in [0.15, 0.2) is 22.7 Å². The number of nitrogens with two attached hydrogens (primary N) is 1. The number of fused-ring (bicyclic) bond motifs is 1. The van der Waals surface area contributed by atoms with Gasteiger partial charge in [-0.25, -0.2) is 0 Å². The summed E-state index contributed by atoms with van der Waals surface area (Å²) >= 11 is 4.89. The van der Waals surface area contributed by atoms with Crippen LogP contribution in [0.25, 0.3) is 10.1 Å². The second-order valence-electron chi connectivity index (χ2n) is 5.40. The van der Waals surface area contributed by atoms with Gasteiger partial charge >= 0.3 is 0 Å². The summed E-state index contributed by atoms with van der Waals surface area (Å²) in [6.45, 7) is 1.66. The van der Waals surface area contributed by atoms with Crippen molar-refractivity contribution in [1.82, 2.24) is 4.90 Å². The van der Waals surface area contributed by atoms with Crippen molar-refractivity contribution in [3.63, 3.8) is 0 Å². The fourth-order valence-electron chi connectivity index (χ4n) is 2.83. The number of aliphatic hydroxyl groups is 1. The Hall–Kier alpha value is -1.11. The SMILES string of the molecule is Nc1c(C(=O)N2CCC(CCO)C2)sc2ccc(Br)cc12. The van der Waals surface area contributed by atoms with Crippen LogP contribution in [0, 0.1) is 5.92 Å². The average Bonchev–Trinajstić information content (AvgIpc) is 3.05. The molecule has 1 atom stereocenters. The fourth-order valence-corrected chi connectivity index (χ4v) is 4.26. The standard InChI is InChI=1S/C15H17BrN2O2S/c16-10-1-2-12-11(7-10)13(17)14(21-12)15(20)18-5-3-9(8-18)4-6-19/h1-2,7,9,19H,3-6,8,17H2. The summed E-state index contributed by atoms with van der Waals surface area (Å²) in [4.78, 5) is 15.1. The highest BCUT2D eigenvalue weighted by Gasteiger charge is 2.29. The van der Waals surface area contributed by atoms with E-state index in [1.165, 1.54) is 11.3 Å². The van der Waals surface area contributed by atoms with E-state index in [-0.39, 0.29) is 12.5 Å². The predicted octanol–water partition coefficient (Wildman–Crippen LogP) is 3.09. The first-order chi connectivity index (χ1) is 10.1. The lowest BCUT2D eigenvalue weighted by Gasteiger charge is -2.15. The number of benzene rings is 1. The number of thiophene rings is 1. The lowest BCUT2D eigenvalue weighted by Crippen LogP contribution is -2.28. The zero-order chi connectivity index (χ0) is 15.0. The third kappa shape index (κ3) is 2.80. The van der Waals surface area contributed by atoms with E-state index in [1.807, 2.05) is 23.1 Å². The van der Waals surface area contributed by atoms with Gasteiger partial charge in [0.25, 0.3) is 5.91 Å². The molecule has 1 aliphatic heterocycles. The molecule has 3 rings (SSSR count). The first-order valence-electron chi connectivity index (χ1n) is 6.98. The van der Waals surface area contributed by atoms with Crippen LogP contribution >= 0.6 is 27.3 Å².